The van der Waals surface area contributed by atoms with Crippen LogP contribution in [0.2, 0.25) is 5.02 Å². The Balaban J connectivity index is 1.75. The number of likely N-dealkylation sites (tertiary alicyclic amines) is 1. The summed E-state index contributed by atoms with van der Waals surface area (Å²) < 4.78 is 6.33. The van der Waals surface area contributed by atoms with Crippen LogP contribution >= 0.6 is 11.6 Å². The largest absolute Gasteiger partial charge is 0.477 e. The van der Waals surface area contributed by atoms with Gasteiger partial charge in [-0.05, 0) is 74.6 Å². The second kappa shape index (κ2) is 8.18. The third kappa shape index (κ3) is 4.34. The zero-order valence-corrected chi connectivity index (χ0v) is 16.7. The maximum Gasteiger partial charge on any atom is 0.266 e. The minimum Gasteiger partial charge on any atom is -0.477 e. The molecule has 0 unspecified atom stereocenters. The summed E-state index contributed by atoms with van der Waals surface area (Å²) in [5.41, 5.74) is 5.32. The van der Waals surface area contributed by atoms with Gasteiger partial charge in [0.1, 0.15) is 5.75 Å². The molecule has 0 spiro atoms. The lowest BCUT2D eigenvalue weighted by molar-refractivity contribution is -0.153. The third-order valence-electron chi connectivity index (χ3n) is 6.12. The van der Waals surface area contributed by atoms with E-state index >= 15 is 0 Å². The predicted octanol–water partition coefficient (Wildman–Crippen LogP) is 4.25. The van der Waals surface area contributed by atoms with Crippen LogP contribution in [0.4, 0.5) is 0 Å². The van der Waals surface area contributed by atoms with Gasteiger partial charge in [-0.2, -0.15) is 0 Å². The summed E-state index contributed by atoms with van der Waals surface area (Å²) >= 11 is 5.98. The molecule has 2 aliphatic rings. The molecule has 144 valence electrons. The smallest absolute Gasteiger partial charge is 0.266 e. The molecule has 26 heavy (non-hydrogen) atoms. The fraction of sp³-hybridized carbons (Fsp3) is 0.667. The van der Waals surface area contributed by atoms with Crippen LogP contribution in [0.5, 0.6) is 5.75 Å². The van der Waals surface area contributed by atoms with E-state index in [1.807, 2.05) is 17.0 Å². The van der Waals surface area contributed by atoms with Crippen molar-refractivity contribution in [3.63, 3.8) is 0 Å². The lowest BCUT2D eigenvalue weighted by Crippen LogP contribution is -2.57. The van der Waals surface area contributed by atoms with Crippen molar-refractivity contribution in [1.29, 1.82) is 0 Å². The molecule has 5 heteroatoms. The van der Waals surface area contributed by atoms with Crippen LogP contribution in [0.3, 0.4) is 0 Å². The highest BCUT2D eigenvalue weighted by atomic mass is 35.5. The fourth-order valence-electron chi connectivity index (χ4n) is 4.25. The van der Waals surface area contributed by atoms with E-state index in [0.29, 0.717) is 35.4 Å². The highest BCUT2D eigenvalue weighted by Crippen LogP contribution is 2.36. The first-order chi connectivity index (χ1) is 12.4. The highest BCUT2D eigenvalue weighted by molar-refractivity contribution is 6.30. The van der Waals surface area contributed by atoms with E-state index < -0.39 is 5.60 Å². The van der Waals surface area contributed by atoms with Crippen LogP contribution in [-0.2, 0) is 4.79 Å². The molecule has 2 N–H and O–H groups in total. The topological polar surface area (TPSA) is 55.6 Å². The molecule has 0 bridgehead atoms. The molecule has 0 aromatic heterocycles. The molecule has 0 atom stereocenters. The zero-order valence-electron chi connectivity index (χ0n) is 15.9. The number of rotatable bonds is 4. The van der Waals surface area contributed by atoms with Crippen molar-refractivity contribution < 1.29 is 9.53 Å². The number of benzene rings is 1. The fourth-order valence-corrected chi connectivity index (χ4v) is 4.38. The summed E-state index contributed by atoms with van der Waals surface area (Å²) in [7, 11) is 0. The Hall–Kier alpha value is -1.26. The van der Waals surface area contributed by atoms with Gasteiger partial charge in [-0.1, -0.05) is 25.4 Å². The van der Waals surface area contributed by atoms with E-state index in [-0.39, 0.29) is 11.9 Å². The monoisotopic (exact) mass is 378 g/mol. The molecule has 0 radical (unpaired) electrons. The number of ether oxygens (including phenoxy) is 1. The molecule has 4 nitrogen and oxygen atoms in total. The van der Waals surface area contributed by atoms with E-state index in [9.17, 15) is 4.79 Å². The third-order valence-corrected chi connectivity index (χ3v) is 6.38. The van der Waals surface area contributed by atoms with Crippen LogP contribution in [0.25, 0.3) is 0 Å². The Labute approximate surface area is 162 Å². The summed E-state index contributed by atoms with van der Waals surface area (Å²) in [6.07, 6.45) is 5.17. The zero-order chi connectivity index (χ0) is 18.7. The molecule has 1 saturated carbocycles. The molecule has 1 aliphatic carbocycles. The van der Waals surface area contributed by atoms with E-state index in [4.69, 9.17) is 22.1 Å². The first-order valence-corrected chi connectivity index (χ1v) is 10.3. The molecule has 3 rings (SSSR count). The van der Waals surface area contributed by atoms with Crippen molar-refractivity contribution in [3.8, 4) is 5.75 Å². The van der Waals surface area contributed by atoms with E-state index in [1.165, 1.54) is 0 Å². The van der Waals surface area contributed by atoms with Crippen LogP contribution in [0, 0.1) is 11.8 Å². The minimum absolute atomic E-state index is 0.140. The normalized spacial score (nSPS) is 27.6. The highest BCUT2D eigenvalue weighted by Gasteiger charge is 2.46. The first-order valence-electron chi connectivity index (χ1n) is 9.89. The Bertz CT molecular complexity index is 601. The molecular formula is C21H31ClN2O2. The summed E-state index contributed by atoms with van der Waals surface area (Å²) in [5, 5.41) is 0.666. The maximum absolute atomic E-state index is 13.5. The number of carbonyl (C=O) groups is 1. The molecule has 1 aromatic rings. The number of hydrogen-bond acceptors (Lipinski definition) is 3. The lowest BCUT2D eigenvalue weighted by Gasteiger charge is -2.43. The van der Waals surface area contributed by atoms with Gasteiger partial charge in [0.25, 0.3) is 5.91 Å². The number of halogens is 1. The van der Waals surface area contributed by atoms with Crippen LogP contribution in [-0.4, -0.2) is 35.5 Å². The summed E-state index contributed by atoms with van der Waals surface area (Å²) in [4.78, 5) is 15.5. The Morgan fingerprint density at radius 1 is 1.15 bits per heavy atom. The van der Waals surface area contributed by atoms with Crippen molar-refractivity contribution in [3.05, 3.63) is 29.3 Å². The summed E-state index contributed by atoms with van der Waals surface area (Å²) in [5.74, 6) is 2.24. The lowest BCUT2D eigenvalue weighted by atomic mass is 9.80. The number of nitrogens with two attached hydrogens (primary N) is 1. The Morgan fingerprint density at radius 3 is 2.27 bits per heavy atom. The first kappa shape index (κ1) is 19.5. The number of amides is 1. The SMILES string of the molecule is CC(C)C1CCN(C(=O)C2(Oc3ccc(Cl)cc3)CCC(N)CC2)CC1. The standard InChI is InChI=1S/C21H31ClN2O2/c1-15(2)16-9-13-24(14-10-16)20(25)21(11-7-18(23)8-12-21)26-19-5-3-17(22)4-6-19/h3-6,15-16,18H,7-14,23H2,1-2H3. The number of hydrogen-bond donors (Lipinski definition) is 1. The quantitative estimate of drug-likeness (QED) is 0.851. The van der Waals surface area contributed by atoms with Gasteiger partial charge in [-0.25, -0.2) is 0 Å². The van der Waals surface area contributed by atoms with Gasteiger partial charge in [-0.15, -0.1) is 0 Å². The number of nitrogens with zero attached hydrogens (tertiary/aromatic N) is 1. The van der Waals surface area contributed by atoms with Gasteiger partial charge in [0.15, 0.2) is 5.60 Å². The summed E-state index contributed by atoms with van der Waals surface area (Å²) in [6, 6.07) is 7.46. The van der Waals surface area contributed by atoms with Crippen molar-refractivity contribution in [1.82, 2.24) is 4.90 Å². The van der Waals surface area contributed by atoms with Gasteiger partial charge >= 0.3 is 0 Å². The summed E-state index contributed by atoms with van der Waals surface area (Å²) in [6.45, 7) is 6.21. The van der Waals surface area contributed by atoms with Crippen LogP contribution in [0.1, 0.15) is 52.4 Å². The van der Waals surface area contributed by atoms with Gasteiger partial charge in [0.2, 0.25) is 0 Å². The number of carbonyl (C=O) groups excluding carboxylic acids is 1. The Morgan fingerprint density at radius 2 is 1.73 bits per heavy atom. The molecule has 1 aromatic carbocycles. The van der Waals surface area contributed by atoms with Crippen LogP contribution < -0.4 is 10.5 Å². The average Bonchev–Trinajstić information content (AvgIpc) is 2.65. The van der Waals surface area contributed by atoms with Crippen LogP contribution in [0.15, 0.2) is 24.3 Å². The average molecular weight is 379 g/mol. The predicted molar refractivity (Wildman–Crippen MR) is 105 cm³/mol. The van der Waals surface area contributed by atoms with E-state index in [2.05, 4.69) is 13.8 Å². The van der Waals surface area contributed by atoms with Gasteiger partial charge in [-0.3, -0.25) is 4.79 Å². The van der Waals surface area contributed by atoms with Crippen molar-refractivity contribution in [2.75, 3.05) is 13.1 Å². The molecule has 1 saturated heterocycles. The molecule has 1 aliphatic heterocycles. The molecule has 1 amide bonds. The molecular weight excluding hydrogens is 348 g/mol. The van der Waals surface area contributed by atoms with E-state index in [1.54, 1.807) is 12.1 Å². The van der Waals surface area contributed by atoms with Gasteiger partial charge < -0.3 is 15.4 Å². The van der Waals surface area contributed by atoms with Crippen molar-refractivity contribution in [2.24, 2.45) is 17.6 Å². The van der Waals surface area contributed by atoms with Crippen molar-refractivity contribution >= 4 is 17.5 Å². The molecule has 2 fully saturated rings. The Kier molecular flexibility index (Phi) is 6.13. The molecule has 1 heterocycles. The number of piperidine rings is 1. The second-order valence-electron chi connectivity index (χ2n) is 8.26. The minimum atomic E-state index is -0.783. The second-order valence-corrected chi connectivity index (χ2v) is 8.70. The van der Waals surface area contributed by atoms with Gasteiger partial charge in [0.05, 0.1) is 0 Å². The van der Waals surface area contributed by atoms with Crippen molar-refractivity contribution in [2.45, 2.75) is 64.0 Å². The van der Waals surface area contributed by atoms with Gasteiger partial charge in [0, 0.05) is 24.2 Å². The maximum atomic E-state index is 13.5. The van der Waals surface area contributed by atoms with E-state index in [0.717, 1.165) is 38.8 Å².